The topological polar surface area (TPSA) is 55.7 Å². The van der Waals surface area contributed by atoms with Crippen LogP contribution in [0.2, 0.25) is 0 Å². The second kappa shape index (κ2) is 9.31. The Bertz CT molecular complexity index is 876. The van der Waals surface area contributed by atoms with Crippen LogP contribution in [0.15, 0.2) is 68.4 Å². The maximum Gasteiger partial charge on any atom is 0.282 e. The van der Waals surface area contributed by atoms with Gasteiger partial charge in [-0.2, -0.15) is 12.8 Å². The molecule has 7 heteroatoms. The minimum Gasteiger partial charge on any atom is -0.489 e. The van der Waals surface area contributed by atoms with E-state index in [9.17, 15) is 8.42 Å². The van der Waals surface area contributed by atoms with Gasteiger partial charge >= 0.3 is 0 Å². The molecule has 0 amide bonds. The molecule has 0 N–H and O–H groups in total. The number of halogens is 2. The van der Waals surface area contributed by atoms with E-state index in [1.807, 2.05) is 25.1 Å². The average molecular weight is 487 g/mol. The molecule has 132 valence electrons. The van der Waals surface area contributed by atoms with Crippen molar-refractivity contribution in [2.75, 3.05) is 11.9 Å². The van der Waals surface area contributed by atoms with Crippen molar-refractivity contribution in [1.82, 2.24) is 0 Å². The molecule has 0 fully saturated rings. The van der Waals surface area contributed by atoms with Crippen LogP contribution in [0.25, 0.3) is 0 Å². The van der Waals surface area contributed by atoms with Gasteiger partial charge in [0, 0.05) is 15.4 Å². The second-order valence-electron chi connectivity index (χ2n) is 5.14. The molecule has 2 rings (SSSR count). The summed E-state index contributed by atoms with van der Waals surface area (Å²) >= 11 is 6.67. The number of sulfonamides is 1. The van der Waals surface area contributed by atoms with Gasteiger partial charge in [0.15, 0.2) is 0 Å². The lowest BCUT2D eigenvalue weighted by molar-refractivity contribution is 0.362. The number of nitrogens with zero attached hydrogens (tertiary/aromatic N) is 1. The van der Waals surface area contributed by atoms with Crippen molar-refractivity contribution < 1.29 is 13.2 Å². The molecule has 0 saturated heterocycles. The number of hydrogen-bond acceptors (Lipinski definition) is 3. The molecule has 0 atom stereocenters. The molecule has 0 saturated carbocycles. The quantitative estimate of drug-likeness (QED) is 0.318. The molecule has 0 aromatic heterocycles. The Labute approximate surface area is 164 Å². The first-order chi connectivity index (χ1) is 11.9. The number of ether oxygens (including phenoxy) is 1. The van der Waals surface area contributed by atoms with E-state index in [1.165, 1.54) is 6.21 Å². The van der Waals surface area contributed by atoms with E-state index in [-0.39, 0.29) is 4.90 Å². The summed E-state index contributed by atoms with van der Waals surface area (Å²) in [5.74, 6) is 0.560. The molecule has 0 aliphatic heterocycles. The summed E-state index contributed by atoms with van der Waals surface area (Å²) in [5.41, 5.74) is 1.57. The van der Waals surface area contributed by atoms with Crippen LogP contribution >= 0.6 is 31.9 Å². The lowest BCUT2D eigenvalue weighted by Gasteiger charge is -2.07. The van der Waals surface area contributed by atoms with Crippen molar-refractivity contribution in [2.24, 2.45) is 4.40 Å². The third kappa shape index (κ3) is 6.09. The predicted octanol–water partition coefficient (Wildman–Crippen LogP) is 4.90. The fraction of sp³-hybridized carbons (Fsp3) is 0.167. The summed E-state index contributed by atoms with van der Waals surface area (Å²) in [5, 5.41) is 0.750. The van der Waals surface area contributed by atoms with E-state index in [0.29, 0.717) is 17.9 Å². The molecule has 25 heavy (non-hydrogen) atoms. The highest BCUT2D eigenvalue weighted by molar-refractivity contribution is 9.10. The van der Waals surface area contributed by atoms with Gasteiger partial charge < -0.3 is 4.74 Å². The van der Waals surface area contributed by atoms with E-state index >= 15 is 0 Å². The third-order valence-electron chi connectivity index (χ3n) is 3.21. The predicted molar refractivity (Wildman–Crippen MR) is 109 cm³/mol. The van der Waals surface area contributed by atoms with E-state index in [1.54, 1.807) is 36.4 Å². The van der Waals surface area contributed by atoms with E-state index in [0.717, 1.165) is 15.4 Å². The first kappa shape index (κ1) is 19.9. The zero-order valence-corrected chi connectivity index (χ0v) is 17.5. The molecule has 0 heterocycles. The fourth-order valence-electron chi connectivity index (χ4n) is 1.92. The van der Waals surface area contributed by atoms with Crippen LogP contribution in [0.1, 0.15) is 11.1 Å². The van der Waals surface area contributed by atoms with Crippen molar-refractivity contribution in [2.45, 2.75) is 11.8 Å². The van der Waals surface area contributed by atoms with Gasteiger partial charge in [0.2, 0.25) is 0 Å². The monoisotopic (exact) mass is 485 g/mol. The van der Waals surface area contributed by atoms with Crippen LogP contribution in [-0.4, -0.2) is 26.6 Å². The van der Waals surface area contributed by atoms with Crippen molar-refractivity contribution in [1.29, 1.82) is 0 Å². The largest absolute Gasteiger partial charge is 0.489 e. The Morgan fingerprint density at radius 1 is 1.12 bits per heavy atom. The van der Waals surface area contributed by atoms with Gasteiger partial charge in [-0.1, -0.05) is 61.7 Å². The fourth-order valence-corrected chi connectivity index (χ4v) is 3.42. The number of aryl methyl sites for hydroxylation is 1. The van der Waals surface area contributed by atoms with Crippen LogP contribution in [0.3, 0.4) is 0 Å². The number of hydrogen-bond donors (Lipinski definition) is 0. The summed E-state index contributed by atoms with van der Waals surface area (Å²) in [6.07, 6.45) is 5.11. The average Bonchev–Trinajstić information content (AvgIpc) is 2.59. The molecule has 0 bridgehead atoms. The number of benzene rings is 2. The van der Waals surface area contributed by atoms with Crippen LogP contribution in [0.5, 0.6) is 5.75 Å². The van der Waals surface area contributed by atoms with Gasteiger partial charge in [-0.3, -0.25) is 0 Å². The maximum absolute atomic E-state index is 12.3. The smallest absolute Gasteiger partial charge is 0.282 e. The lowest BCUT2D eigenvalue weighted by atomic mass is 10.2. The van der Waals surface area contributed by atoms with Crippen LogP contribution in [-0.2, 0) is 10.0 Å². The highest BCUT2D eigenvalue weighted by Gasteiger charge is 2.12. The molecule has 4 nitrogen and oxygen atoms in total. The summed E-state index contributed by atoms with van der Waals surface area (Å²) in [7, 11) is -3.76. The molecule has 0 unspecified atom stereocenters. The summed E-state index contributed by atoms with van der Waals surface area (Å²) in [6.45, 7) is 2.29. The highest BCUT2D eigenvalue weighted by Crippen LogP contribution is 2.23. The van der Waals surface area contributed by atoms with Crippen molar-refractivity contribution in [3.8, 4) is 5.75 Å². The highest BCUT2D eigenvalue weighted by atomic mass is 79.9. The summed E-state index contributed by atoms with van der Waals surface area (Å²) < 4.78 is 35.0. The van der Waals surface area contributed by atoms with Gasteiger partial charge in [-0.15, -0.1) is 0 Å². The molecule has 2 aromatic rings. The molecular weight excluding hydrogens is 470 g/mol. The molecule has 2 aromatic carbocycles. The lowest BCUT2D eigenvalue weighted by Crippen LogP contribution is -2.00. The van der Waals surface area contributed by atoms with E-state index < -0.39 is 10.0 Å². The van der Waals surface area contributed by atoms with Gasteiger partial charge in [0.05, 0.1) is 11.1 Å². The molecule has 0 aliphatic carbocycles. The maximum atomic E-state index is 12.3. The standard InChI is InChI=1S/C18H17Br2NO3S/c1-14-4-7-17(8-5-14)25(22,23)21-13-15-12-16(20)6-9-18(15)24-11-3-2-10-19/h2-9,12-13H,10-11H2,1H3/b3-2+,21-13+. The summed E-state index contributed by atoms with van der Waals surface area (Å²) in [6, 6.07) is 11.9. The Morgan fingerprint density at radius 2 is 1.84 bits per heavy atom. The second-order valence-corrected chi connectivity index (χ2v) is 8.34. The van der Waals surface area contributed by atoms with E-state index in [4.69, 9.17) is 4.74 Å². The van der Waals surface area contributed by atoms with Crippen LogP contribution in [0, 0.1) is 6.92 Å². The Morgan fingerprint density at radius 3 is 2.52 bits per heavy atom. The SMILES string of the molecule is Cc1ccc(S(=O)(=O)/N=C/c2cc(Br)ccc2OC/C=C/CBr)cc1. The van der Waals surface area contributed by atoms with Crippen molar-refractivity contribution in [3.63, 3.8) is 0 Å². The molecule has 0 radical (unpaired) electrons. The Kier molecular flexibility index (Phi) is 7.40. The van der Waals surface area contributed by atoms with Gasteiger partial charge in [0.25, 0.3) is 10.0 Å². The summed E-state index contributed by atoms with van der Waals surface area (Å²) in [4.78, 5) is 0.159. The zero-order valence-electron chi connectivity index (χ0n) is 13.5. The molecule has 0 spiro atoms. The van der Waals surface area contributed by atoms with Crippen molar-refractivity contribution >= 4 is 48.1 Å². The Hall–Kier alpha value is -1.44. The minimum absolute atomic E-state index is 0.159. The van der Waals surface area contributed by atoms with Crippen LogP contribution in [0.4, 0.5) is 0 Å². The zero-order chi connectivity index (χ0) is 18.3. The number of rotatable bonds is 7. The minimum atomic E-state index is -3.76. The number of allylic oxidation sites excluding steroid dienone is 1. The first-order valence-corrected chi connectivity index (χ1v) is 10.8. The first-order valence-electron chi connectivity index (χ1n) is 7.43. The molecular formula is C18H17Br2NO3S. The van der Waals surface area contributed by atoms with Gasteiger partial charge in [0.1, 0.15) is 12.4 Å². The van der Waals surface area contributed by atoms with Gasteiger partial charge in [-0.05, 0) is 37.3 Å². The van der Waals surface area contributed by atoms with Gasteiger partial charge in [-0.25, -0.2) is 0 Å². The number of alkyl halides is 1. The van der Waals surface area contributed by atoms with Crippen LogP contribution < -0.4 is 4.74 Å². The van der Waals surface area contributed by atoms with E-state index in [2.05, 4.69) is 36.3 Å². The Balaban J connectivity index is 2.25. The van der Waals surface area contributed by atoms with Crippen molar-refractivity contribution in [3.05, 3.63) is 70.2 Å². The third-order valence-corrected chi connectivity index (χ3v) is 5.33. The molecule has 0 aliphatic rings. The normalized spacial score (nSPS) is 12.1.